The normalized spacial score (nSPS) is 11.1. The van der Waals surface area contributed by atoms with Crippen molar-refractivity contribution in [3.8, 4) is 5.75 Å². The number of H-pyrrole nitrogens is 1. The van der Waals surface area contributed by atoms with E-state index in [9.17, 15) is 4.79 Å². The summed E-state index contributed by atoms with van der Waals surface area (Å²) in [5.41, 5.74) is 2.31. The first-order chi connectivity index (χ1) is 14.1. The van der Waals surface area contributed by atoms with Gasteiger partial charge in [0, 0.05) is 17.5 Å². The van der Waals surface area contributed by atoms with Gasteiger partial charge in [-0.2, -0.15) is 5.10 Å². The molecule has 0 bridgehead atoms. The van der Waals surface area contributed by atoms with Crippen LogP contribution in [0.4, 0.5) is 0 Å². The quantitative estimate of drug-likeness (QED) is 0.357. The van der Waals surface area contributed by atoms with Gasteiger partial charge in [-0.1, -0.05) is 43.7 Å². The molecule has 0 atom stereocenters. The highest BCUT2D eigenvalue weighted by atomic mass is 32.1. The Bertz CT molecular complexity index is 1240. The van der Waals surface area contributed by atoms with E-state index in [1.807, 2.05) is 47.0 Å². The van der Waals surface area contributed by atoms with Crippen molar-refractivity contribution in [1.82, 2.24) is 14.8 Å². The lowest BCUT2D eigenvalue weighted by atomic mass is 10.1. The van der Waals surface area contributed by atoms with E-state index in [2.05, 4.69) is 17.1 Å². The van der Waals surface area contributed by atoms with Gasteiger partial charge in [-0.15, -0.1) is 0 Å². The minimum atomic E-state index is -0.346. The molecule has 0 amide bonds. The molecule has 148 valence electrons. The molecule has 0 saturated heterocycles. The number of aryl methyl sites for hydroxylation is 1. The van der Waals surface area contributed by atoms with Crippen LogP contribution in [0.1, 0.15) is 30.3 Å². The highest BCUT2D eigenvalue weighted by Gasteiger charge is 2.10. The fraction of sp³-hybridized carbons (Fsp3) is 0.227. The zero-order valence-corrected chi connectivity index (χ0v) is 16.9. The zero-order valence-electron chi connectivity index (χ0n) is 16.1. The van der Waals surface area contributed by atoms with E-state index in [-0.39, 0.29) is 12.2 Å². The summed E-state index contributed by atoms with van der Waals surface area (Å²) in [6.07, 6.45) is 1.79. The summed E-state index contributed by atoms with van der Waals surface area (Å²) in [6, 6.07) is 17.2. The van der Waals surface area contributed by atoms with Crippen molar-refractivity contribution in [1.29, 1.82) is 0 Å². The number of rotatable bonds is 7. The molecule has 7 heteroatoms. The van der Waals surface area contributed by atoms with Crippen molar-refractivity contribution < 1.29 is 9.15 Å². The SMILES string of the molecule is CCCc1cc(=O)oc2cc(OCc3n[nH]c(=S)n3Cc3ccccc3)ccc12. The van der Waals surface area contributed by atoms with Crippen molar-refractivity contribution in [2.24, 2.45) is 0 Å². The number of hydrogen-bond acceptors (Lipinski definition) is 5. The number of fused-ring (bicyclic) bond motifs is 1. The van der Waals surface area contributed by atoms with Crippen LogP contribution in [0.25, 0.3) is 11.0 Å². The molecule has 0 aliphatic carbocycles. The molecule has 0 unspecified atom stereocenters. The van der Waals surface area contributed by atoms with E-state index in [4.69, 9.17) is 21.4 Å². The molecule has 2 aromatic carbocycles. The number of aromatic amines is 1. The molecule has 2 aromatic heterocycles. The zero-order chi connectivity index (χ0) is 20.2. The molecule has 4 rings (SSSR count). The number of benzene rings is 2. The van der Waals surface area contributed by atoms with Crippen molar-refractivity contribution in [3.63, 3.8) is 0 Å². The molecule has 0 aliphatic heterocycles. The topological polar surface area (TPSA) is 73.1 Å². The van der Waals surface area contributed by atoms with E-state index >= 15 is 0 Å². The fourth-order valence-corrected chi connectivity index (χ4v) is 3.53. The lowest BCUT2D eigenvalue weighted by molar-refractivity contribution is 0.289. The number of ether oxygens (including phenoxy) is 1. The van der Waals surface area contributed by atoms with E-state index in [0.29, 0.717) is 28.5 Å². The lowest BCUT2D eigenvalue weighted by Crippen LogP contribution is -2.08. The average molecular weight is 407 g/mol. The van der Waals surface area contributed by atoms with Crippen LogP contribution < -0.4 is 10.4 Å². The van der Waals surface area contributed by atoms with Crippen molar-refractivity contribution in [3.05, 3.63) is 86.7 Å². The van der Waals surface area contributed by atoms with Crippen molar-refractivity contribution in [2.45, 2.75) is 32.9 Å². The third kappa shape index (κ3) is 4.30. The Morgan fingerprint density at radius 2 is 2.00 bits per heavy atom. The van der Waals surface area contributed by atoms with Crippen LogP contribution in [-0.4, -0.2) is 14.8 Å². The summed E-state index contributed by atoms with van der Waals surface area (Å²) >= 11 is 5.36. The second-order valence-electron chi connectivity index (χ2n) is 6.80. The molecule has 1 N–H and O–H groups in total. The van der Waals surface area contributed by atoms with Crippen LogP contribution in [0.3, 0.4) is 0 Å². The van der Waals surface area contributed by atoms with Crippen LogP contribution >= 0.6 is 12.2 Å². The molecule has 0 aliphatic rings. The molecule has 0 fully saturated rings. The second-order valence-corrected chi connectivity index (χ2v) is 7.19. The Hall–Kier alpha value is -3.19. The smallest absolute Gasteiger partial charge is 0.336 e. The summed E-state index contributed by atoms with van der Waals surface area (Å²) < 4.78 is 13.7. The lowest BCUT2D eigenvalue weighted by Gasteiger charge is -2.10. The van der Waals surface area contributed by atoms with Gasteiger partial charge in [0.05, 0.1) is 6.54 Å². The van der Waals surface area contributed by atoms with Crippen LogP contribution in [0.5, 0.6) is 5.75 Å². The monoisotopic (exact) mass is 407 g/mol. The molecular weight excluding hydrogens is 386 g/mol. The largest absolute Gasteiger partial charge is 0.485 e. The average Bonchev–Trinajstić information content (AvgIpc) is 3.06. The summed E-state index contributed by atoms with van der Waals surface area (Å²) in [7, 11) is 0. The summed E-state index contributed by atoms with van der Waals surface area (Å²) in [5, 5.41) is 8.05. The maximum absolute atomic E-state index is 11.9. The Balaban J connectivity index is 1.56. The predicted molar refractivity (Wildman–Crippen MR) is 114 cm³/mol. The van der Waals surface area contributed by atoms with E-state index in [1.165, 1.54) is 0 Å². The predicted octanol–water partition coefficient (Wildman–Crippen LogP) is 4.63. The minimum Gasteiger partial charge on any atom is -0.485 e. The Morgan fingerprint density at radius 3 is 2.79 bits per heavy atom. The molecule has 29 heavy (non-hydrogen) atoms. The summed E-state index contributed by atoms with van der Waals surface area (Å²) in [4.78, 5) is 11.9. The summed E-state index contributed by atoms with van der Waals surface area (Å²) in [6.45, 7) is 2.94. The first-order valence-corrected chi connectivity index (χ1v) is 9.92. The van der Waals surface area contributed by atoms with Crippen LogP contribution in [-0.2, 0) is 19.6 Å². The molecule has 6 nitrogen and oxygen atoms in total. The number of hydrogen-bond donors (Lipinski definition) is 1. The molecule has 0 radical (unpaired) electrons. The van der Waals surface area contributed by atoms with E-state index < -0.39 is 0 Å². The Labute approximate surface area is 172 Å². The fourth-order valence-electron chi connectivity index (χ4n) is 3.31. The van der Waals surface area contributed by atoms with Gasteiger partial charge < -0.3 is 9.15 Å². The van der Waals surface area contributed by atoms with Crippen LogP contribution in [0.2, 0.25) is 0 Å². The highest BCUT2D eigenvalue weighted by Crippen LogP contribution is 2.24. The first kappa shape index (κ1) is 19.1. The standard InChI is InChI=1S/C22H21N3O3S/c1-2-6-16-11-21(26)28-19-12-17(9-10-18(16)19)27-14-20-23-24-22(29)25(20)13-15-7-4-3-5-8-15/h3-5,7-12H,2,6,13-14H2,1H3,(H,24,29). The van der Waals surface area contributed by atoms with Gasteiger partial charge in [-0.25, -0.2) is 4.79 Å². The van der Waals surface area contributed by atoms with Crippen molar-refractivity contribution >= 4 is 23.2 Å². The molecule has 4 aromatic rings. The summed E-state index contributed by atoms with van der Waals surface area (Å²) in [5.74, 6) is 1.30. The second kappa shape index (κ2) is 8.45. The van der Waals surface area contributed by atoms with E-state index in [0.717, 1.165) is 29.4 Å². The van der Waals surface area contributed by atoms with Crippen molar-refractivity contribution in [2.75, 3.05) is 0 Å². The molecule has 0 spiro atoms. The van der Waals surface area contributed by atoms with E-state index in [1.54, 1.807) is 12.1 Å². The minimum absolute atomic E-state index is 0.240. The van der Waals surface area contributed by atoms with Crippen LogP contribution in [0, 0.1) is 4.77 Å². The van der Waals surface area contributed by atoms with Gasteiger partial charge in [-0.05, 0) is 41.9 Å². The first-order valence-electron chi connectivity index (χ1n) is 9.51. The maximum Gasteiger partial charge on any atom is 0.336 e. The number of aromatic nitrogens is 3. The van der Waals surface area contributed by atoms with Gasteiger partial charge in [0.15, 0.2) is 10.6 Å². The van der Waals surface area contributed by atoms with Gasteiger partial charge in [0.1, 0.15) is 17.9 Å². The Morgan fingerprint density at radius 1 is 1.17 bits per heavy atom. The van der Waals surface area contributed by atoms with Gasteiger partial charge >= 0.3 is 5.63 Å². The molecule has 0 saturated carbocycles. The number of nitrogens with zero attached hydrogens (tertiary/aromatic N) is 2. The van der Waals surface area contributed by atoms with Gasteiger partial charge in [-0.3, -0.25) is 9.67 Å². The third-order valence-corrected chi connectivity index (χ3v) is 5.02. The maximum atomic E-state index is 11.9. The van der Waals surface area contributed by atoms with Gasteiger partial charge in [0.25, 0.3) is 0 Å². The van der Waals surface area contributed by atoms with Gasteiger partial charge in [0.2, 0.25) is 0 Å². The molecule has 2 heterocycles. The number of nitrogens with one attached hydrogen (secondary N) is 1. The third-order valence-electron chi connectivity index (χ3n) is 4.71. The van der Waals surface area contributed by atoms with Crippen LogP contribution in [0.15, 0.2) is 63.8 Å². The molecular formula is C22H21N3O3S. The Kier molecular flexibility index (Phi) is 5.57. The highest BCUT2D eigenvalue weighted by molar-refractivity contribution is 7.71.